The molecule has 156 valence electrons. The SMILES string of the molecule is CCNS(=O)(=O)Nc1ccc(C(=O)Nc2ccc3c(C(N)=O)c[nH]c(=O)c3c2)cc1. The summed E-state index contributed by atoms with van der Waals surface area (Å²) in [6, 6.07) is 10.3. The number of aromatic nitrogens is 1. The van der Waals surface area contributed by atoms with E-state index in [0.717, 1.165) is 0 Å². The number of fused-ring (bicyclic) bond motifs is 1. The molecule has 0 fully saturated rings. The van der Waals surface area contributed by atoms with E-state index in [2.05, 4.69) is 19.7 Å². The van der Waals surface area contributed by atoms with Crippen molar-refractivity contribution >= 4 is 44.2 Å². The summed E-state index contributed by atoms with van der Waals surface area (Å²) in [5.74, 6) is -1.14. The van der Waals surface area contributed by atoms with Gasteiger partial charge in [0.15, 0.2) is 0 Å². The van der Waals surface area contributed by atoms with Gasteiger partial charge in [-0.3, -0.25) is 19.1 Å². The molecule has 6 N–H and O–H groups in total. The first-order valence-electron chi connectivity index (χ1n) is 8.84. The maximum Gasteiger partial charge on any atom is 0.299 e. The van der Waals surface area contributed by atoms with Crippen molar-refractivity contribution in [1.29, 1.82) is 0 Å². The van der Waals surface area contributed by atoms with E-state index in [1.165, 1.54) is 42.6 Å². The minimum Gasteiger partial charge on any atom is -0.366 e. The zero-order valence-corrected chi connectivity index (χ0v) is 16.7. The Kier molecular flexibility index (Phi) is 5.85. The van der Waals surface area contributed by atoms with E-state index in [1.807, 2.05) is 0 Å². The Bertz CT molecular complexity index is 1280. The molecule has 0 saturated carbocycles. The molecular formula is C19H19N5O5S. The largest absolute Gasteiger partial charge is 0.366 e. The standard InChI is InChI=1S/C19H19N5O5S/c1-2-22-30(28,29)24-12-5-3-11(4-6-12)18(26)23-13-7-8-14-15(9-13)19(27)21-10-16(14)17(20)25/h3-10,22,24H,2H2,1H3,(H2,20,25)(H,21,27)(H,23,26). The number of H-pyrrole nitrogens is 1. The van der Waals surface area contributed by atoms with Gasteiger partial charge in [0, 0.05) is 40.5 Å². The first kappa shape index (κ1) is 21.0. The molecular weight excluding hydrogens is 410 g/mol. The lowest BCUT2D eigenvalue weighted by Gasteiger charge is -2.10. The van der Waals surface area contributed by atoms with E-state index in [-0.39, 0.29) is 23.1 Å². The van der Waals surface area contributed by atoms with E-state index in [4.69, 9.17) is 5.73 Å². The van der Waals surface area contributed by atoms with Gasteiger partial charge in [0.1, 0.15) is 0 Å². The molecule has 1 aromatic heterocycles. The van der Waals surface area contributed by atoms with Gasteiger partial charge in [0.2, 0.25) is 0 Å². The van der Waals surface area contributed by atoms with Crippen LogP contribution in [0.25, 0.3) is 10.8 Å². The zero-order chi connectivity index (χ0) is 21.9. The number of hydrogen-bond donors (Lipinski definition) is 5. The second-order valence-electron chi connectivity index (χ2n) is 6.29. The van der Waals surface area contributed by atoms with Crippen molar-refractivity contribution in [1.82, 2.24) is 9.71 Å². The Balaban J connectivity index is 1.80. The normalized spacial score (nSPS) is 11.2. The van der Waals surface area contributed by atoms with Crippen molar-refractivity contribution in [2.75, 3.05) is 16.6 Å². The highest BCUT2D eigenvalue weighted by Crippen LogP contribution is 2.20. The lowest BCUT2D eigenvalue weighted by atomic mass is 10.1. The Morgan fingerprint density at radius 1 is 1.03 bits per heavy atom. The van der Waals surface area contributed by atoms with Crippen molar-refractivity contribution in [3.63, 3.8) is 0 Å². The number of nitrogens with one attached hydrogen (secondary N) is 4. The molecule has 0 radical (unpaired) electrons. The van der Waals surface area contributed by atoms with Gasteiger partial charge in [0.05, 0.1) is 5.56 Å². The molecule has 30 heavy (non-hydrogen) atoms. The predicted molar refractivity (Wildman–Crippen MR) is 114 cm³/mol. The third-order valence-electron chi connectivity index (χ3n) is 4.16. The minimum absolute atomic E-state index is 0.165. The van der Waals surface area contributed by atoms with Crippen LogP contribution in [0.5, 0.6) is 0 Å². The highest BCUT2D eigenvalue weighted by molar-refractivity contribution is 7.90. The van der Waals surface area contributed by atoms with Gasteiger partial charge in [-0.2, -0.15) is 13.1 Å². The summed E-state index contributed by atoms with van der Waals surface area (Å²) in [5, 5.41) is 3.24. The summed E-state index contributed by atoms with van der Waals surface area (Å²) in [4.78, 5) is 38.5. The number of anilines is 2. The number of aromatic amines is 1. The number of carbonyl (C=O) groups is 2. The van der Waals surface area contributed by atoms with Gasteiger partial charge in [-0.1, -0.05) is 13.0 Å². The third-order valence-corrected chi connectivity index (χ3v) is 5.33. The average Bonchev–Trinajstić information content (AvgIpc) is 2.68. The fourth-order valence-electron chi connectivity index (χ4n) is 2.82. The first-order chi connectivity index (χ1) is 14.2. The van der Waals surface area contributed by atoms with E-state index in [1.54, 1.807) is 13.0 Å². The van der Waals surface area contributed by atoms with E-state index in [9.17, 15) is 22.8 Å². The Morgan fingerprint density at radius 3 is 2.33 bits per heavy atom. The van der Waals surface area contributed by atoms with Crippen molar-refractivity contribution in [3.05, 3.63) is 70.1 Å². The molecule has 2 amide bonds. The van der Waals surface area contributed by atoms with E-state index in [0.29, 0.717) is 16.8 Å². The number of hydrogen-bond acceptors (Lipinski definition) is 5. The first-order valence-corrected chi connectivity index (χ1v) is 10.3. The van der Waals surface area contributed by atoms with Crippen molar-refractivity contribution in [2.24, 2.45) is 5.73 Å². The van der Waals surface area contributed by atoms with Gasteiger partial charge >= 0.3 is 0 Å². The van der Waals surface area contributed by atoms with Crippen LogP contribution in [0.4, 0.5) is 11.4 Å². The van der Waals surface area contributed by atoms with Crippen LogP contribution in [0.1, 0.15) is 27.6 Å². The van der Waals surface area contributed by atoms with Crippen LogP contribution < -0.4 is 26.1 Å². The minimum atomic E-state index is -3.67. The van der Waals surface area contributed by atoms with Crippen LogP contribution in [0.15, 0.2) is 53.5 Å². The molecule has 0 aliphatic carbocycles. The summed E-state index contributed by atoms with van der Waals surface area (Å²) in [6.45, 7) is 1.90. The number of carbonyl (C=O) groups excluding carboxylic acids is 2. The molecule has 10 nitrogen and oxygen atoms in total. The van der Waals surface area contributed by atoms with Crippen LogP contribution in [0.2, 0.25) is 0 Å². The van der Waals surface area contributed by atoms with Gasteiger partial charge < -0.3 is 16.0 Å². The quantitative estimate of drug-likeness (QED) is 0.380. The molecule has 11 heteroatoms. The summed E-state index contributed by atoms with van der Waals surface area (Å²) in [5.41, 5.74) is 5.97. The number of rotatable bonds is 7. The van der Waals surface area contributed by atoms with E-state index < -0.39 is 27.6 Å². The van der Waals surface area contributed by atoms with Crippen LogP contribution >= 0.6 is 0 Å². The fraction of sp³-hybridized carbons (Fsp3) is 0.105. The molecule has 3 aromatic rings. The molecule has 3 rings (SSSR count). The lowest BCUT2D eigenvalue weighted by molar-refractivity contribution is 0.0998. The molecule has 1 heterocycles. The van der Waals surface area contributed by atoms with Gasteiger partial charge in [-0.05, 0) is 36.4 Å². The maximum atomic E-state index is 12.5. The summed E-state index contributed by atoms with van der Waals surface area (Å²) in [6.07, 6.45) is 1.25. The predicted octanol–water partition coefficient (Wildman–Crippen LogP) is 1.15. The zero-order valence-electron chi connectivity index (χ0n) is 15.9. The number of primary amides is 1. The van der Waals surface area contributed by atoms with Gasteiger partial charge in [0.25, 0.3) is 27.6 Å². The Labute approximate surface area is 171 Å². The van der Waals surface area contributed by atoms with Crippen molar-refractivity contribution in [2.45, 2.75) is 6.92 Å². The maximum absolute atomic E-state index is 12.5. The van der Waals surface area contributed by atoms with Crippen molar-refractivity contribution < 1.29 is 18.0 Å². The smallest absolute Gasteiger partial charge is 0.299 e. The van der Waals surface area contributed by atoms with E-state index >= 15 is 0 Å². The average molecular weight is 429 g/mol. The summed E-state index contributed by atoms with van der Waals surface area (Å²) < 4.78 is 28.0. The molecule has 0 saturated heterocycles. The third kappa shape index (κ3) is 4.64. The van der Waals surface area contributed by atoms with Gasteiger partial charge in [-0.15, -0.1) is 0 Å². The topological polar surface area (TPSA) is 163 Å². The molecule has 0 bridgehead atoms. The highest BCUT2D eigenvalue weighted by atomic mass is 32.2. The van der Waals surface area contributed by atoms with Crippen LogP contribution in [-0.2, 0) is 10.2 Å². The second-order valence-corrected chi connectivity index (χ2v) is 7.79. The molecule has 2 aromatic carbocycles. The molecule has 0 aliphatic heterocycles. The molecule has 0 spiro atoms. The fourth-order valence-corrected chi connectivity index (χ4v) is 3.71. The summed E-state index contributed by atoms with van der Waals surface area (Å²) in [7, 11) is -3.67. The monoisotopic (exact) mass is 429 g/mol. The summed E-state index contributed by atoms with van der Waals surface area (Å²) >= 11 is 0. The molecule has 0 aliphatic rings. The lowest BCUT2D eigenvalue weighted by Crippen LogP contribution is -2.29. The van der Waals surface area contributed by atoms with Crippen LogP contribution in [-0.4, -0.2) is 31.8 Å². The Hall–Kier alpha value is -3.70. The van der Waals surface area contributed by atoms with Gasteiger partial charge in [-0.25, -0.2) is 0 Å². The molecule has 0 atom stereocenters. The van der Waals surface area contributed by atoms with Crippen molar-refractivity contribution in [3.8, 4) is 0 Å². The number of pyridine rings is 1. The van der Waals surface area contributed by atoms with Crippen LogP contribution in [0.3, 0.4) is 0 Å². The Morgan fingerprint density at radius 2 is 1.70 bits per heavy atom. The second kappa shape index (κ2) is 8.35. The number of benzene rings is 2. The highest BCUT2D eigenvalue weighted by Gasteiger charge is 2.13. The molecule has 0 unspecified atom stereocenters. The number of amides is 2. The van der Waals surface area contributed by atoms with Crippen LogP contribution in [0, 0.1) is 0 Å². The number of nitrogens with two attached hydrogens (primary N) is 1.